The fraction of sp³-hybridized carbons (Fsp3) is 0.625. The lowest BCUT2D eigenvalue weighted by atomic mass is 10.1. The van der Waals surface area contributed by atoms with Crippen molar-refractivity contribution in [2.75, 3.05) is 31.6 Å². The van der Waals surface area contributed by atoms with E-state index >= 15 is 0 Å². The highest BCUT2D eigenvalue weighted by Gasteiger charge is 2.22. The number of hydrogen-bond acceptors (Lipinski definition) is 3. The molecule has 4 heteroatoms. The quantitative estimate of drug-likeness (QED) is 0.916. The molecule has 2 N–H and O–H groups in total. The molecule has 0 aromatic heterocycles. The Bertz CT molecular complexity index is 447. The van der Waals surface area contributed by atoms with Crippen LogP contribution in [0, 0.1) is 0 Å². The van der Waals surface area contributed by atoms with Crippen molar-refractivity contribution < 1.29 is 0 Å². The maximum atomic E-state index is 5.99. The predicted molar refractivity (Wildman–Crippen MR) is 90.3 cm³/mol. The third-order valence-electron chi connectivity index (χ3n) is 4.18. The lowest BCUT2D eigenvalue weighted by Gasteiger charge is -2.32. The molecule has 1 aliphatic heterocycles. The summed E-state index contributed by atoms with van der Waals surface area (Å²) >= 11 is 3.67. The van der Waals surface area contributed by atoms with E-state index < -0.39 is 0 Å². The summed E-state index contributed by atoms with van der Waals surface area (Å²) in [5.41, 5.74) is 8.47. The summed E-state index contributed by atoms with van der Waals surface area (Å²) in [7, 11) is 2.22. The highest BCUT2D eigenvalue weighted by molar-refractivity contribution is 9.10. The maximum absolute atomic E-state index is 5.99. The van der Waals surface area contributed by atoms with Gasteiger partial charge < -0.3 is 15.5 Å². The molecule has 1 heterocycles. The molecule has 0 bridgehead atoms. The summed E-state index contributed by atoms with van der Waals surface area (Å²) in [6.07, 6.45) is 2.40. The lowest BCUT2D eigenvalue weighted by Crippen LogP contribution is -2.39. The van der Waals surface area contributed by atoms with E-state index in [1.54, 1.807) is 0 Å². The molecule has 20 heavy (non-hydrogen) atoms. The van der Waals surface area contributed by atoms with Gasteiger partial charge in [0.2, 0.25) is 0 Å². The summed E-state index contributed by atoms with van der Waals surface area (Å²) in [5, 5.41) is 0. The minimum absolute atomic E-state index is 0.0654. The van der Waals surface area contributed by atoms with E-state index in [-0.39, 0.29) is 6.04 Å². The fourth-order valence-electron chi connectivity index (χ4n) is 3.00. The fourth-order valence-corrected chi connectivity index (χ4v) is 3.72. The third kappa shape index (κ3) is 3.54. The van der Waals surface area contributed by atoms with Crippen LogP contribution in [0.2, 0.25) is 0 Å². The Labute approximate surface area is 131 Å². The zero-order valence-corrected chi connectivity index (χ0v) is 14.4. The van der Waals surface area contributed by atoms with Gasteiger partial charge in [0, 0.05) is 35.3 Å². The molecule has 1 unspecified atom stereocenters. The molecule has 1 aromatic carbocycles. The first-order valence-electron chi connectivity index (χ1n) is 7.53. The molecule has 2 rings (SSSR count). The monoisotopic (exact) mass is 339 g/mol. The molecule has 0 amide bonds. The van der Waals surface area contributed by atoms with E-state index in [0.29, 0.717) is 6.04 Å². The standard InChI is InChI=1S/C16H26BrN3/c1-4-13-11-19(3)8-5-9-20(13)14-6-7-15(12(2)18)16(17)10-14/h6-7,10,12-13H,4-5,8-9,11,18H2,1-3H3/t12-,13?/m0/s1. The number of halogens is 1. The van der Waals surface area contributed by atoms with E-state index in [4.69, 9.17) is 5.73 Å². The number of hydrogen-bond donors (Lipinski definition) is 1. The van der Waals surface area contributed by atoms with E-state index in [1.807, 2.05) is 6.92 Å². The van der Waals surface area contributed by atoms with Crippen LogP contribution < -0.4 is 10.6 Å². The molecule has 3 nitrogen and oxygen atoms in total. The third-order valence-corrected chi connectivity index (χ3v) is 4.87. The molecule has 1 aromatic rings. The average molecular weight is 340 g/mol. The number of likely N-dealkylation sites (N-methyl/N-ethyl adjacent to an activating group) is 1. The summed E-state index contributed by atoms with van der Waals surface area (Å²) in [4.78, 5) is 5.00. The van der Waals surface area contributed by atoms with Crippen molar-refractivity contribution >= 4 is 21.6 Å². The maximum Gasteiger partial charge on any atom is 0.0414 e. The number of rotatable bonds is 3. The van der Waals surface area contributed by atoms with Crippen LogP contribution >= 0.6 is 15.9 Å². The Morgan fingerprint density at radius 3 is 2.75 bits per heavy atom. The van der Waals surface area contributed by atoms with Crippen LogP contribution in [-0.2, 0) is 0 Å². The van der Waals surface area contributed by atoms with Crippen molar-refractivity contribution in [1.29, 1.82) is 0 Å². The lowest BCUT2D eigenvalue weighted by molar-refractivity contribution is 0.328. The van der Waals surface area contributed by atoms with Gasteiger partial charge in [0.15, 0.2) is 0 Å². The first kappa shape index (κ1) is 15.8. The average Bonchev–Trinajstić information content (AvgIpc) is 2.59. The molecule has 0 radical (unpaired) electrons. The Hall–Kier alpha value is -0.580. The molecular weight excluding hydrogens is 314 g/mol. The molecule has 112 valence electrons. The second-order valence-corrected chi connectivity index (χ2v) is 6.72. The highest BCUT2D eigenvalue weighted by Crippen LogP contribution is 2.29. The number of nitrogens with zero attached hydrogens (tertiary/aromatic N) is 2. The van der Waals surface area contributed by atoms with Gasteiger partial charge >= 0.3 is 0 Å². The molecule has 2 atom stereocenters. The Balaban J connectivity index is 2.26. The summed E-state index contributed by atoms with van der Waals surface area (Å²) < 4.78 is 1.12. The summed E-state index contributed by atoms with van der Waals surface area (Å²) in [5.74, 6) is 0. The second kappa shape index (κ2) is 6.92. The van der Waals surface area contributed by atoms with Crippen LogP contribution in [0.15, 0.2) is 22.7 Å². The van der Waals surface area contributed by atoms with Crippen LogP contribution in [0.25, 0.3) is 0 Å². The van der Waals surface area contributed by atoms with E-state index in [9.17, 15) is 0 Å². The second-order valence-electron chi connectivity index (χ2n) is 5.87. The highest BCUT2D eigenvalue weighted by atomic mass is 79.9. The van der Waals surface area contributed by atoms with Gasteiger partial charge in [-0.2, -0.15) is 0 Å². The predicted octanol–water partition coefficient (Wildman–Crippen LogP) is 3.39. The normalized spacial score (nSPS) is 22.6. The van der Waals surface area contributed by atoms with Crippen LogP contribution in [-0.4, -0.2) is 37.6 Å². The summed E-state index contributed by atoms with van der Waals surface area (Å²) in [6.45, 7) is 7.76. The van der Waals surface area contributed by atoms with E-state index in [1.165, 1.54) is 30.6 Å². The van der Waals surface area contributed by atoms with Crippen molar-refractivity contribution in [2.45, 2.75) is 38.8 Å². The van der Waals surface area contributed by atoms with Crippen molar-refractivity contribution in [2.24, 2.45) is 5.73 Å². The van der Waals surface area contributed by atoms with Crippen LogP contribution in [0.5, 0.6) is 0 Å². The van der Waals surface area contributed by atoms with Gasteiger partial charge in [0.25, 0.3) is 0 Å². The first-order valence-corrected chi connectivity index (χ1v) is 8.32. The number of anilines is 1. The van der Waals surface area contributed by atoms with Crippen LogP contribution in [0.3, 0.4) is 0 Å². The molecule has 0 spiro atoms. The zero-order chi connectivity index (χ0) is 14.7. The van der Waals surface area contributed by atoms with Gasteiger partial charge in [-0.15, -0.1) is 0 Å². The molecule has 1 fully saturated rings. The van der Waals surface area contributed by atoms with Crippen LogP contribution in [0.4, 0.5) is 5.69 Å². The SMILES string of the molecule is CCC1CN(C)CCCN1c1ccc([C@H](C)N)c(Br)c1. The van der Waals surface area contributed by atoms with Crippen molar-refractivity contribution in [3.05, 3.63) is 28.2 Å². The minimum atomic E-state index is 0.0654. The van der Waals surface area contributed by atoms with Crippen molar-refractivity contribution in [3.8, 4) is 0 Å². The van der Waals surface area contributed by atoms with Gasteiger partial charge in [-0.05, 0) is 51.1 Å². The molecule has 1 aliphatic rings. The van der Waals surface area contributed by atoms with Gasteiger partial charge in [-0.1, -0.05) is 28.9 Å². The van der Waals surface area contributed by atoms with Crippen LogP contribution in [0.1, 0.15) is 38.3 Å². The summed E-state index contributed by atoms with van der Waals surface area (Å²) in [6, 6.07) is 7.27. The van der Waals surface area contributed by atoms with Crippen molar-refractivity contribution in [1.82, 2.24) is 4.90 Å². The van der Waals surface area contributed by atoms with Crippen molar-refractivity contribution in [3.63, 3.8) is 0 Å². The molecular formula is C16H26BrN3. The Morgan fingerprint density at radius 2 is 2.15 bits per heavy atom. The van der Waals surface area contributed by atoms with Gasteiger partial charge in [0.05, 0.1) is 0 Å². The first-order chi connectivity index (χ1) is 9.52. The van der Waals surface area contributed by atoms with E-state index in [2.05, 4.69) is 57.9 Å². The molecule has 0 saturated carbocycles. The van der Waals surface area contributed by atoms with Gasteiger partial charge in [0.1, 0.15) is 0 Å². The molecule has 0 aliphatic carbocycles. The minimum Gasteiger partial charge on any atom is -0.367 e. The smallest absolute Gasteiger partial charge is 0.0414 e. The number of benzene rings is 1. The number of nitrogens with two attached hydrogens (primary N) is 1. The largest absolute Gasteiger partial charge is 0.367 e. The topological polar surface area (TPSA) is 32.5 Å². The van der Waals surface area contributed by atoms with Gasteiger partial charge in [-0.25, -0.2) is 0 Å². The Kier molecular flexibility index (Phi) is 5.47. The molecule has 1 saturated heterocycles. The van der Waals surface area contributed by atoms with E-state index in [0.717, 1.165) is 17.6 Å². The Morgan fingerprint density at radius 1 is 1.40 bits per heavy atom. The van der Waals surface area contributed by atoms with Gasteiger partial charge in [-0.3, -0.25) is 0 Å². The zero-order valence-electron chi connectivity index (χ0n) is 12.8.